The minimum atomic E-state index is -0.0349. The van der Waals surface area contributed by atoms with Crippen molar-refractivity contribution in [3.8, 4) is 11.5 Å². The van der Waals surface area contributed by atoms with E-state index in [0.717, 1.165) is 56.0 Å². The minimum Gasteiger partial charge on any atom is -0.493 e. The first kappa shape index (κ1) is 19.7. The largest absolute Gasteiger partial charge is 0.493 e. The number of benzene rings is 1. The van der Waals surface area contributed by atoms with E-state index in [9.17, 15) is 5.11 Å². The summed E-state index contributed by atoms with van der Waals surface area (Å²) in [6, 6.07) is 4.31. The zero-order valence-corrected chi connectivity index (χ0v) is 17.3. The molecule has 3 aliphatic heterocycles. The number of fused-ring (bicyclic) bond motifs is 1. The Kier molecular flexibility index (Phi) is 5.43. The monoisotopic (exact) mass is 387 g/mol. The molecule has 4 rings (SSSR count). The molecule has 2 bridgehead atoms. The molecule has 0 aliphatic carbocycles. The molecule has 1 aromatic carbocycles. The molecule has 1 aromatic rings. The van der Waals surface area contributed by atoms with E-state index in [-0.39, 0.29) is 24.4 Å². The number of aliphatic hydroxyl groups is 1. The van der Waals surface area contributed by atoms with E-state index < -0.39 is 0 Å². The first-order valence-electron chi connectivity index (χ1n) is 10.5. The summed E-state index contributed by atoms with van der Waals surface area (Å²) in [4.78, 5) is 2.48. The molecular weight excluding hydrogens is 354 g/mol. The van der Waals surface area contributed by atoms with Crippen molar-refractivity contribution >= 4 is 0 Å². The van der Waals surface area contributed by atoms with Crippen molar-refractivity contribution in [1.29, 1.82) is 0 Å². The van der Waals surface area contributed by atoms with Crippen molar-refractivity contribution in [3.05, 3.63) is 35.9 Å². The fourth-order valence-electron chi connectivity index (χ4n) is 5.55. The third kappa shape index (κ3) is 3.34. The molecule has 0 amide bonds. The maximum Gasteiger partial charge on any atom is 0.165 e. The van der Waals surface area contributed by atoms with Crippen LogP contribution in [-0.4, -0.2) is 54.6 Å². The summed E-state index contributed by atoms with van der Waals surface area (Å²) in [6.45, 7) is 11.0. The van der Waals surface area contributed by atoms with E-state index in [1.165, 1.54) is 5.56 Å². The van der Waals surface area contributed by atoms with Crippen molar-refractivity contribution in [2.24, 2.45) is 11.8 Å². The average Bonchev–Trinajstić information content (AvgIpc) is 3.30. The molecule has 5 nitrogen and oxygen atoms in total. The molecule has 3 saturated heterocycles. The van der Waals surface area contributed by atoms with Crippen molar-refractivity contribution in [2.45, 2.75) is 57.5 Å². The van der Waals surface area contributed by atoms with Crippen LogP contribution in [0.4, 0.5) is 0 Å². The number of hydrogen-bond donors (Lipinski definition) is 1. The Morgan fingerprint density at radius 3 is 2.93 bits per heavy atom. The van der Waals surface area contributed by atoms with Gasteiger partial charge in [0.05, 0.1) is 24.9 Å². The topological polar surface area (TPSA) is 51.2 Å². The first-order valence-corrected chi connectivity index (χ1v) is 10.5. The molecule has 28 heavy (non-hydrogen) atoms. The molecular formula is C23H33NO4. The normalized spacial score (nSPS) is 31.4. The predicted molar refractivity (Wildman–Crippen MR) is 109 cm³/mol. The van der Waals surface area contributed by atoms with E-state index in [2.05, 4.69) is 23.6 Å². The van der Waals surface area contributed by atoms with Crippen LogP contribution in [0.1, 0.15) is 37.8 Å². The number of hydrogen-bond acceptors (Lipinski definition) is 5. The molecule has 0 saturated carbocycles. The number of allylic oxidation sites excluding steroid dienone is 1. The number of likely N-dealkylation sites (tertiary alicyclic amines) is 1. The average molecular weight is 388 g/mol. The fraction of sp³-hybridized carbons (Fsp3) is 0.652. The van der Waals surface area contributed by atoms with Gasteiger partial charge < -0.3 is 19.3 Å². The van der Waals surface area contributed by atoms with Crippen LogP contribution in [0.3, 0.4) is 0 Å². The second-order valence-corrected chi connectivity index (χ2v) is 8.83. The van der Waals surface area contributed by atoms with Gasteiger partial charge in [0.2, 0.25) is 0 Å². The zero-order chi connectivity index (χ0) is 19.9. The molecule has 1 N–H and O–H groups in total. The lowest BCUT2D eigenvalue weighted by Crippen LogP contribution is -2.37. The Bertz CT molecular complexity index is 734. The van der Waals surface area contributed by atoms with Gasteiger partial charge >= 0.3 is 0 Å². The smallest absolute Gasteiger partial charge is 0.165 e. The van der Waals surface area contributed by atoms with Gasteiger partial charge in [0, 0.05) is 43.6 Å². The van der Waals surface area contributed by atoms with Gasteiger partial charge in [0.1, 0.15) is 0 Å². The van der Waals surface area contributed by atoms with Crippen LogP contribution in [0.5, 0.6) is 11.5 Å². The van der Waals surface area contributed by atoms with Gasteiger partial charge in [-0.3, -0.25) is 4.90 Å². The second-order valence-electron chi connectivity index (χ2n) is 8.83. The van der Waals surface area contributed by atoms with Crippen molar-refractivity contribution < 1.29 is 19.3 Å². The van der Waals surface area contributed by atoms with Crippen LogP contribution >= 0.6 is 0 Å². The van der Waals surface area contributed by atoms with Gasteiger partial charge in [-0.2, -0.15) is 0 Å². The minimum absolute atomic E-state index is 0.0349. The highest BCUT2D eigenvalue weighted by Gasteiger charge is 2.62. The third-order valence-corrected chi connectivity index (χ3v) is 6.60. The van der Waals surface area contributed by atoms with Crippen LogP contribution in [-0.2, 0) is 17.7 Å². The summed E-state index contributed by atoms with van der Waals surface area (Å²) >= 11 is 0. The molecule has 0 radical (unpaired) electrons. The Labute approximate surface area is 168 Å². The van der Waals surface area contributed by atoms with Crippen LogP contribution in [0.15, 0.2) is 24.8 Å². The lowest BCUT2D eigenvalue weighted by Gasteiger charge is -2.28. The maximum atomic E-state index is 9.84. The summed E-state index contributed by atoms with van der Waals surface area (Å²) in [5, 5.41) is 9.84. The number of methoxy groups -OCH3 is 1. The van der Waals surface area contributed by atoms with Crippen LogP contribution in [0, 0.1) is 11.8 Å². The third-order valence-electron chi connectivity index (χ3n) is 6.60. The molecule has 0 unspecified atom stereocenters. The highest BCUT2D eigenvalue weighted by atomic mass is 16.5. The number of aliphatic hydroxyl groups excluding tert-OH is 1. The quantitative estimate of drug-likeness (QED) is 0.695. The van der Waals surface area contributed by atoms with Crippen LogP contribution < -0.4 is 9.47 Å². The van der Waals surface area contributed by atoms with Gasteiger partial charge in [-0.25, -0.2) is 0 Å². The highest BCUT2D eigenvalue weighted by molar-refractivity contribution is 5.50. The Morgan fingerprint density at radius 1 is 1.43 bits per heavy atom. The lowest BCUT2D eigenvalue weighted by atomic mass is 9.74. The summed E-state index contributed by atoms with van der Waals surface area (Å²) in [5.74, 6) is 2.35. The number of ether oxygens (including phenoxy) is 3. The first-order chi connectivity index (χ1) is 13.5. The molecule has 154 valence electrons. The van der Waals surface area contributed by atoms with Crippen LogP contribution in [0.25, 0.3) is 0 Å². The van der Waals surface area contributed by atoms with Crippen LogP contribution in [0.2, 0.25) is 0 Å². The van der Waals surface area contributed by atoms with Gasteiger partial charge in [-0.1, -0.05) is 12.1 Å². The molecule has 1 spiro atoms. The Hall–Kier alpha value is -1.56. The predicted octanol–water partition coefficient (Wildman–Crippen LogP) is 3.18. The van der Waals surface area contributed by atoms with E-state index in [0.29, 0.717) is 11.8 Å². The van der Waals surface area contributed by atoms with Gasteiger partial charge in [-0.05, 0) is 44.7 Å². The second kappa shape index (κ2) is 7.69. The Morgan fingerprint density at radius 2 is 2.25 bits per heavy atom. The van der Waals surface area contributed by atoms with Gasteiger partial charge in [0.15, 0.2) is 11.5 Å². The molecule has 3 fully saturated rings. The molecule has 3 aliphatic rings. The lowest BCUT2D eigenvalue weighted by molar-refractivity contribution is 0.000374. The van der Waals surface area contributed by atoms with Crippen molar-refractivity contribution in [3.63, 3.8) is 0 Å². The SMILES string of the molecule is C=CCc1cc(CN2C[C@@H]3[C@H](CO)[C@H]4CC[C@]3(C2)O4)cc(OC)c1OC(C)C. The Balaban J connectivity index is 1.55. The van der Waals surface area contributed by atoms with E-state index in [1.807, 2.05) is 19.9 Å². The number of nitrogens with zero attached hydrogens (tertiary/aromatic N) is 1. The molecule has 3 heterocycles. The van der Waals surface area contributed by atoms with Gasteiger partial charge in [-0.15, -0.1) is 6.58 Å². The summed E-state index contributed by atoms with van der Waals surface area (Å²) < 4.78 is 18.1. The molecule has 4 atom stereocenters. The van der Waals surface area contributed by atoms with Crippen molar-refractivity contribution in [1.82, 2.24) is 4.90 Å². The van der Waals surface area contributed by atoms with E-state index in [4.69, 9.17) is 14.2 Å². The fourth-order valence-corrected chi connectivity index (χ4v) is 5.55. The molecule has 5 heteroatoms. The standard InChI is InChI=1S/C23H33NO4/c1-5-6-17-9-16(10-21(26-4)22(17)27-15(2)3)11-24-12-19-18(13-25)20-7-8-23(19,14-24)28-20/h5,9-10,15,18-20,25H,1,6-8,11-14H2,2-4H3/t18-,19+,20+,23+/m0/s1. The molecule has 0 aromatic heterocycles. The zero-order valence-electron chi connectivity index (χ0n) is 17.3. The van der Waals surface area contributed by atoms with Gasteiger partial charge in [0.25, 0.3) is 0 Å². The number of rotatable bonds is 8. The summed E-state index contributed by atoms with van der Waals surface area (Å²) in [5.41, 5.74) is 2.30. The van der Waals surface area contributed by atoms with Crippen molar-refractivity contribution in [2.75, 3.05) is 26.8 Å². The van der Waals surface area contributed by atoms with E-state index >= 15 is 0 Å². The maximum absolute atomic E-state index is 9.84. The van der Waals surface area contributed by atoms with E-state index in [1.54, 1.807) is 7.11 Å². The summed E-state index contributed by atoms with van der Waals surface area (Å²) in [6.07, 6.45) is 5.22. The highest BCUT2D eigenvalue weighted by Crippen LogP contribution is 2.54. The summed E-state index contributed by atoms with van der Waals surface area (Å²) in [7, 11) is 1.70.